The predicted molar refractivity (Wildman–Crippen MR) is 149 cm³/mol. The molecular formula is C23H12Br2S5. The van der Waals surface area contributed by atoms with E-state index < -0.39 is 0 Å². The van der Waals surface area contributed by atoms with Crippen LogP contribution in [0.15, 0.2) is 50.5 Å². The van der Waals surface area contributed by atoms with Crippen LogP contribution in [0.25, 0.3) is 56.5 Å². The monoisotopic (exact) mass is 606 g/mol. The minimum absolute atomic E-state index is 1.17. The maximum absolute atomic E-state index is 4.11. The van der Waals surface area contributed by atoms with E-state index in [-0.39, 0.29) is 0 Å². The molecule has 0 spiro atoms. The van der Waals surface area contributed by atoms with Crippen molar-refractivity contribution in [2.45, 2.75) is 6.92 Å². The van der Waals surface area contributed by atoms with Crippen LogP contribution < -0.4 is 0 Å². The highest BCUT2D eigenvalue weighted by atomic mass is 79.9. The van der Waals surface area contributed by atoms with Crippen LogP contribution in [0.2, 0.25) is 0 Å². The Bertz CT molecular complexity index is 1600. The number of thiophene rings is 5. The maximum Gasteiger partial charge on any atom is 0.0705 e. The van der Waals surface area contributed by atoms with E-state index in [1.807, 2.05) is 40.1 Å². The van der Waals surface area contributed by atoms with Gasteiger partial charge in [-0.15, -0.1) is 56.7 Å². The minimum atomic E-state index is 1.17. The second-order valence-corrected chi connectivity index (χ2v) is 15.2. The van der Waals surface area contributed by atoms with E-state index in [0.29, 0.717) is 0 Å². The van der Waals surface area contributed by atoms with E-state index >= 15 is 0 Å². The number of hydrogen-bond donors (Lipinski definition) is 0. The molecule has 6 rings (SSSR count). The van der Waals surface area contributed by atoms with Gasteiger partial charge in [0, 0.05) is 50.8 Å². The lowest BCUT2D eigenvalue weighted by Crippen LogP contribution is -1.74. The smallest absolute Gasteiger partial charge is 0.0705 e. The molecule has 0 unspecified atom stereocenters. The molecule has 0 nitrogen and oxygen atoms in total. The van der Waals surface area contributed by atoms with Gasteiger partial charge in [0.1, 0.15) is 0 Å². The molecule has 30 heavy (non-hydrogen) atoms. The summed E-state index contributed by atoms with van der Waals surface area (Å²) in [5, 5.41) is 5.50. The summed E-state index contributed by atoms with van der Waals surface area (Å²) in [5.74, 6) is 0. The molecule has 0 N–H and O–H groups in total. The summed E-state index contributed by atoms with van der Waals surface area (Å²) in [7, 11) is 0. The minimum Gasteiger partial charge on any atom is -0.140 e. The van der Waals surface area contributed by atoms with Gasteiger partial charge in [0.05, 0.1) is 17.0 Å². The van der Waals surface area contributed by atoms with Crippen LogP contribution in [-0.2, 0) is 0 Å². The third-order valence-corrected chi connectivity index (χ3v) is 12.3. The molecule has 0 atom stereocenters. The highest BCUT2D eigenvalue weighted by Gasteiger charge is 2.21. The molecular weight excluding hydrogens is 596 g/mol. The van der Waals surface area contributed by atoms with Crippen molar-refractivity contribution in [2.24, 2.45) is 0 Å². The first kappa shape index (κ1) is 19.9. The van der Waals surface area contributed by atoms with Crippen LogP contribution in [0.3, 0.4) is 0 Å². The Morgan fingerprint density at radius 2 is 1.23 bits per heavy atom. The third kappa shape index (κ3) is 2.98. The molecule has 0 amide bonds. The molecule has 1 aromatic carbocycles. The van der Waals surface area contributed by atoms with Crippen molar-refractivity contribution in [3.05, 3.63) is 60.3 Å². The van der Waals surface area contributed by atoms with Gasteiger partial charge in [-0.2, -0.15) is 0 Å². The Kier molecular flexibility index (Phi) is 4.88. The largest absolute Gasteiger partial charge is 0.140 e. The van der Waals surface area contributed by atoms with E-state index in [1.165, 1.54) is 67.8 Å². The van der Waals surface area contributed by atoms with Crippen molar-refractivity contribution in [3.8, 4) is 19.5 Å². The topological polar surface area (TPSA) is 0 Å². The van der Waals surface area contributed by atoms with Crippen molar-refractivity contribution >= 4 is 126 Å². The van der Waals surface area contributed by atoms with E-state index in [1.54, 1.807) is 22.7 Å². The maximum atomic E-state index is 4.11. The van der Waals surface area contributed by atoms with Crippen LogP contribution in [0.5, 0.6) is 0 Å². The lowest BCUT2D eigenvalue weighted by Gasteiger charge is -2.00. The molecule has 0 fully saturated rings. The van der Waals surface area contributed by atoms with E-state index in [2.05, 4.69) is 81.8 Å². The Morgan fingerprint density at radius 1 is 0.700 bits per heavy atom. The van der Waals surface area contributed by atoms with Gasteiger partial charge in [-0.1, -0.05) is 12.7 Å². The number of hydrogen-bond acceptors (Lipinski definition) is 5. The second-order valence-electron chi connectivity index (χ2n) is 6.89. The highest BCUT2D eigenvalue weighted by Crippen LogP contribution is 2.52. The summed E-state index contributed by atoms with van der Waals surface area (Å²) >= 11 is 16.5. The van der Waals surface area contributed by atoms with Gasteiger partial charge in [-0.25, -0.2) is 0 Å². The van der Waals surface area contributed by atoms with Crippen LogP contribution in [0.1, 0.15) is 9.75 Å². The number of rotatable bonds is 3. The Hall–Kier alpha value is -0.800. The molecule has 0 aliphatic rings. The molecule has 0 saturated heterocycles. The zero-order chi connectivity index (χ0) is 20.6. The van der Waals surface area contributed by atoms with Crippen molar-refractivity contribution in [1.29, 1.82) is 0 Å². The van der Waals surface area contributed by atoms with Gasteiger partial charge in [-0.05, 0) is 75.2 Å². The lowest BCUT2D eigenvalue weighted by molar-refractivity contribution is 1.71. The summed E-state index contributed by atoms with van der Waals surface area (Å²) in [5.41, 5.74) is 0. The average Bonchev–Trinajstić information content (AvgIpc) is 3.49. The predicted octanol–water partition coefficient (Wildman–Crippen LogP) is 11.3. The highest BCUT2D eigenvalue weighted by molar-refractivity contribution is 9.11. The van der Waals surface area contributed by atoms with Crippen molar-refractivity contribution in [1.82, 2.24) is 0 Å². The van der Waals surface area contributed by atoms with Crippen LogP contribution in [0.4, 0.5) is 0 Å². The molecule has 7 heteroatoms. The zero-order valence-corrected chi connectivity index (χ0v) is 22.8. The van der Waals surface area contributed by atoms with Crippen LogP contribution in [-0.4, -0.2) is 0 Å². The van der Waals surface area contributed by atoms with Gasteiger partial charge in [0.2, 0.25) is 0 Å². The van der Waals surface area contributed by atoms with Gasteiger partial charge in [-0.3, -0.25) is 0 Å². The van der Waals surface area contributed by atoms with Gasteiger partial charge >= 0.3 is 0 Å². The van der Waals surface area contributed by atoms with Gasteiger partial charge in [0.25, 0.3) is 0 Å². The SMILES string of the molecule is C=Cc1sc(C)c2c3cc(-c4ccc(Br)s4)sc3c3sc(-c4ccc(Br)s4)cc3c12. The Labute approximate surface area is 210 Å². The molecule has 0 aliphatic carbocycles. The molecule has 5 heterocycles. The van der Waals surface area contributed by atoms with E-state index in [4.69, 9.17) is 0 Å². The summed E-state index contributed by atoms with van der Waals surface area (Å²) in [6.07, 6.45) is 2.02. The molecule has 0 aliphatic heterocycles. The number of aryl methyl sites for hydroxylation is 1. The fourth-order valence-electron chi connectivity index (χ4n) is 3.93. The first-order chi connectivity index (χ1) is 14.5. The van der Waals surface area contributed by atoms with E-state index in [9.17, 15) is 0 Å². The number of benzene rings is 1. The first-order valence-electron chi connectivity index (χ1n) is 9.09. The Morgan fingerprint density at radius 3 is 1.70 bits per heavy atom. The van der Waals surface area contributed by atoms with Crippen LogP contribution in [0, 0.1) is 6.92 Å². The quantitative estimate of drug-likeness (QED) is 0.188. The first-order valence-corrected chi connectivity index (χ1v) is 14.8. The van der Waals surface area contributed by atoms with Crippen molar-refractivity contribution in [3.63, 3.8) is 0 Å². The fourth-order valence-corrected chi connectivity index (χ4v) is 10.4. The third-order valence-electron chi connectivity index (χ3n) is 5.14. The second kappa shape index (κ2) is 7.37. The van der Waals surface area contributed by atoms with Crippen molar-refractivity contribution < 1.29 is 0 Å². The number of fused-ring (bicyclic) bond motifs is 6. The molecule has 6 aromatic rings. The summed E-state index contributed by atoms with van der Waals surface area (Å²) in [6.45, 7) is 6.36. The number of halogens is 2. The molecule has 5 aromatic heterocycles. The summed E-state index contributed by atoms with van der Waals surface area (Å²) in [6, 6.07) is 13.5. The summed E-state index contributed by atoms with van der Waals surface area (Å²) < 4.78 is 5.14. The summed E-state index contributed by atoms with van der Waals surface area (Å²) in [4.78, 5) is 7.96. The van der Waals surface area contributed by atoms with Gasteiger partial charge < -0.3 is 0 Å². The van der Waals surface area contributed by atoms with Crippen LogP contribution >= 0.6 is 88.5 Å². The fraction of sp³-hybridized carbons (Fsp3) is 0.0435. The average molecular weight is 608 g/mol. The molecule has 0 radical (unpaired) electrons. The standard InChI is InChI=1S/C23H12Br2S5/c1-3-13-21-12-9-17(15-5-7-19(25)28-15)30-23(12)22-11(20(21)10(2)26-13)8-16(29-22)14-4-6-18(24)27-14/h3-9H,1H2,2H3. The lowest BCUT2D eigenvalue weighted by atomic mass is 10.0. The van der Waals surface area contributed by atoms with Crippen molar-refractivity contribution in [2.75, 3.05) is 0 Å². The van der Waals surface area contributed by atoms with E-state index in [0.717, 1.165) is 0 Å². The molecule has 148 valence electrons. The molecule has 0 saturated carbocycles. The zero-order valence-electron chi connectivity index (χ0n) is 15.5. The van der Waals surface area contributed by atoms with Gasteiger partial charge in [0.15, 0.2) is 0 Å². The molecule has 0 bridgehead atoms. The Balaban J connectivity index is 1.77. The normalized spacial score (nSPS) is 12.0.